The number of carboxylic acid groups (broad SMARTS) is 1. The lowest BCUT2D eigenvalue weighted by atomic mass is 10.3. The highest BCUT2D eigenvalue weighted by molar-refractivity contribution is 8.00. The van der Waals surface area contributed by atoms with E-state index >= 15 is 0 Å². The molecule has 0 aromatic rings. The minimum Gasteiger partial charge on any atom is -0.480 e. The third-order valence-corrected chi connectivity index (χ3v) is 4.40. The lowest BCUT2D eigenvalue weighted by Crippen LogP contribution is -2.50. The van der Waals surface area contributed by atoms with Crippen LogP contribution in [0.1, 0.15) is 6.92 Å². The molecule has 1 fully saturated rings. The molecule has 2 amide bonds. The smallest absolute Gasteiger partial charge is 0.327 e. The number of hydrogen-bond acceptors (Lipinski definition) is 4. The van der Waals surface area contributed by atoms with E-state index in [1.165, 1.54) is 16.7 Å². The predicted molar refractivity (Wildman–Crippen MR) is 67.5 cm³/mol. The van der Waals surface area contributed by atoms with Crippen LogP contribution in [0.5, 0.6) is 0 Å². The monoisotopic (exact) mass is 280 g/mol. The lowest BCUT2D eigenvalue weighted by Gasteiger charge is -2.25. The normalized spacial score (nSPS) is 25.6. The van der Waals surface area contributed by atoms with Crippen molar-refractivity contribution in [2.45, 2.75) is 18.3 Å². The molecule has 0 aliphatic carbocycles. The van der Waals surface area contributed by atoms with Gasteiger partial charge in [-0.1, -0.05) is 0 Å². The van der Waals surface area contributed by atoms with Crippen LogP contribution >= 0.6 is 11.8 Å². The predicted octanol–water partition coefficient (Wildman–Crippen LogP) is -0.0775. The average molecular weight is 280 g/mol. The van der Waals surface area contributed by atoms with Crippen molar-refractivity contribution in [3.05, 3.63) is 0 Å². The van der Waals surface area contributed by atoms with Crippen LogP contribution in [-0.2, 0) is 15.6 Å². The van der Waals surface area contributed by atoms with Crippen molar-refractivity contribution in [3.8, 4) is 0 Å². The van der Waals surface area contributed by atoms with Gasteiger partial charge in [0, 0.05) is 35.1 Å². The van der Waals surface area contributed by atoms with Crippen LogP contribution in [0.25, 0.3) is 0 Å². The van der Waals surface area contributed by atoms with E-state index in [-0.39, 0.29) is 5.37 Å². The van der Waals surface area contributed by atoms with E-state index in [2.05, 4.69) is 5.32 Å². The zero-order valence-corrected chi connectivity index (χ0v) is 11.3. The van der Waals surface area contributed by atoms with Gasteiger partial charge < -0.3 is 10.4 Å². The fourth-order valence-corrected chi connectivity index (χ4v) is 3.09. The first kappa shape index (κ1) is 14.3. The molecule has 0 aromatic carbocycles. The SMILES string of the molecule is CC1SCC(C(=O)O)N1C(=O)NCCS(C)=O. The molecule has 0 saturated carbocycles. The number of amides is 2. The summed E-state index contributed by atoms with van der Waals surface area (Å²) in [6.07, 6.45) is 1.56. The molecular weight excluding hydrogens is 264 g/mol. The number of hydrogen-bond donors (Lipinski definition) is 2. The second-order valence-corrected chi connectivity index (χ2v) is 6.61. The van der Waals surface area contributed by atoms with Crippen LogP contribution in [0.3, 0.4) is 0 Å². The van der Waals surface area contributed by atoms with Crippen LogP contribution in [0.4, 0.5) is 4.79 Å². The number of aliphatic carboxylic acids is 1. The molecule has 2 N–H and O–H groups in total. The van der Waals surface area contributed by atoms with E-state index in [1.807, 2.05) is 0 Å². The first-order chi connectivity index (χ1) is 7.93. The maximum absolute atomic E-state index is 11.8. The highest BCUT2D eigenvalue weighted by atomic mass is 32.2. The molecule has 0 radical (unpaired) electrons. The fraction of sp³-hybridized carbons (Fsp3) is 0.778. The molecule has 1 saturated heterocycles. The minimum absolute atomic E-state index is 0.150. The molecule has 0 aromatic heterocycles. The summed E-state index contributed by atoms with van der Waals surface area (Å²) < 4.78 is 10.8. The molecule has 1 heterocycles. The number of thioether (sulfide) groups is 1. The molecule has 8 heteroatoms. The van der Waals surface area contributed by atoms with Gasteiger partial charge in [-0.25, -0.2) is 9.59 Å². The molecule has 0 spiro atoms. The van der Waals surface area contributed by atoms with Crippen molar-refractivity contribution in [2.75, 3.05) is 24.3 Å². The van der Waals surface area contributed by atoms with Gasteiger partial charge in [0.2, 0.25) is 0 Å². The Morgan fingerprint density at radius 2 is 2.24 bits per heavy atom. The van der Waals surface area contributed by atoms with Gasteiger partial charge in [-0.15, -0.1) is 11.8 Å². The van der Waals surface area contributed by atoms with Crippen molar-refractivity contribution >= 4 is 34.6 Å². The van der Waals surface area contributed by atoms with E-state index in [1.54, 1.807) is 13.2 Å². The molecule has 3 atom stereocenters. The fourth-order valence-electron chi connectivity index (χ4n) is 1.53. The second-order valence-electron chi connectivity index (χ2n) is 3.70. The van der Waals surface area contributed by atoms with Crippen LogP contribution in [-0.4, -0.2) is 61.9 Å². The van der Waals surface area contributed by atoms with Crippen molar-refractivity contribution in [3.63, 3.8) is 0 Å². The van der Waals surface area contributed by atoms with Gasteiger partial charge in [0.1, 0.15) is 6.04 Å². The number of rotatable bonds is 4. The standard InChI is InChI=1S/C9H16N2O4S2/c1-6-11(7(5-16-6)8(12)13)9(14)10-3-4-17(2)15/h6-7H,3-5H2,1-2H3,(H,10,14)(H,12,13). The molecule has 1 rings (SSSR count). The lowest BCUT2D eigenvalue weighted by molar-refractivity contribution is -0.141. The quantitative estimate of drug-likeness (QED) is 0.752. The van der Waals surface area contributed by atoms with E-state index in [4.69, 9.17) is 5.11 Å². The highest BCUT2D eigenvalue weighted by Crippen LogP contribution is 2.28. The maximum atomic E-state index is 11.8. The third-order valence-electron chi connectivity index (χ3n) is 2.41. The average Bonchev–Trinajstić information content (AvgIpc) is 2.59. The van der Waals surface area contributed by atoms with Crippen molar-refractivity contribution in [1.29, 1.82) is 0 Å². The van der Waals surface area contributed by atoms with E-state index < -0.39 is 28.8 Å². The van der Waals surface area contributed by atoms with Gasteiger partial charge in [0.25, 0.3) is 0 Å². The number of nitrogens with one attached hydrogen (secondary N) is 1. The van der Waals surface area contributed by atoms with Crippen LogP contribution in [0.2, 0.25) is 0 Å². The summed E-state index contributed by atoms with van der Waals surface area (Å²) in [4.78, 5) is 24.1. The molecule has 1 aliphatic rings. The zero-order chi connectivity index (χ0) is 13.0. The van der Waals surface area contributed by atoms with Gasteiger partial charge in [-0.05, 0) is 6.92 Å². The van der Waals surface area contributed by atoms with Gasteiger partial charge in [-0.3, -0.25) is 9.11 Å². The molecule has 6 nitrogen and oxygen atoms in total. The van der Waals surface area contributed by atoms with Crippen LogP contribution < -0.4 is 5.32 Å². The summed E-state index contributed by atoms with van der Waals surface area (Å²) in [5.74, 6) is -0.210. The molecule has 17 heavy (non-hydrogen) atoms. The zero-order valence-electron chi connectivity index (χ0n) is 9.71. The van der Waals surface area contributed by atoms with Crippen LogP contribution in [0, 0.1) is 0 Å². The van der Waals surface area contributed by atoms with E-state index in [0.29, 0.717) is 18.1 Å². The first-order valence-corrected chi connectivity index (χ1v) is 7.91. The Bertz CT molecular complexity index is 337. The third kappa shape index (κ3) is 3.88. The summed E-state index contributed by atoms with van der Waals surface area (Å²) >= 11 is 1.43. The Labute approximate surface area is 107 Å². The number of carboxylic acids is 1. The number of nitrogens with zero attached hydrogens (tertiary/aromatic N) is 1. The van der Waals surface area contributed by atoms with Gasteiger partial charge in [0.15, 0.2) is 0 Å². The Balaban J connectivity index is 2.53. The largest absolute Gasteiger partial charge is 0.480 e. The summed E-state index contributed by atoms with van der Waals surface area (Å²) in [5, 5.41) is 11.4. The maximum Gasteiger partial charge on any atom is 0.327 e. The highest BCUT2D eigenvalue weighted by Gasteiger charge is 2.39. The Kier molecular flexibility index (Phi) is 5.26. The van der Waals surface area contributed by atoms with Gasteiger partial charge >= 0.3 is 12.0 Å². The summed E-state index contributed by atoms with van der Waals surface area (Å²) in [5.41, 5.74) is 0. The van der Waals surface area contributed by atoms with Crippen molar-refractivity contribution in [2.24, 2.45) is 0 Å². The molecule has 0 bridgehead atoms. The topological polar surface area (TPSA) is 86.7 Å². The summed E-state index contributed by atoms with van der Waals surface area (Å²) in [7, 11) is -0.965. The van der Waals surface area contributed by atoms with Crippen LogP contribution in [0.15, 0.2) is 0 Å². The molecule has 1 aliphatic heterocycles. The molecular formula is C9H16N2O4S2. The van der Waals surface area contributed by atoms with Gasteiger partial charge in [0.05, 0.1) is 5.37 Å². The van der Waals surface area contributed by atoms with E-state index in [0.717, 1.165) is 0 Å². The number of urea groups is 1. The first-order valence-electron chi connectivity index (χ1n) is 5.14. The summed E-state index contributed by atoms with van der Waals surface area (Å²) in [6.45, 7) is 2.09. The van der Waals surface area contributed by atoms with Crippen molar-refractivity contribution < 1.29 is 18.9 Å². The summed E-state index contributed by atoms with van der Waals surface area (Å²) in [6, 6.07) is -1.18. The number of carbonyl (C=O) groups is 2. The minimum atomic E-state index is -0.990. The Morgan fingerprint density at radius 1 is 1.59 bits per heavy atom. The molecule has 98 valence electrons. The Hall–Kier alpha value is -0.760. The van der Waals surface area contributed by atoms with Gasteiger partial charge in [-0.2, -0.15) is 0 Å². The van der Waals surface area contributed by atoms with E-state index in [9.17, 15) is 13.8 Å². The van der Waals surface area contributed by atoms with Crippen molar-refractivity contribution in [1.82, 2.24) is 10.2 Å². The molecule has 3 unspecified atom stereocenters. The second kappa shape index (κ2) is 6.25. The number of carbonyl (C=O) groups excluding carboxylic acids is 1. The Morgan fingerprint density at radius 3 is 2.76 bits per heavy atom.